The molecule has 0 radical (unpaired) electrons. The summed E-state index contributed by atoms with van der Waals surface area (Å²) in [7, 11) is 0. The highest BCUT2D eigenvalue weighted by Gasteiger charge is 2.49. The number of carbonyl (C=O) groups is 2. The van der Waals surface area contributed by atoms with Crippen molar-refractivity contribution in [3.05, 3.63) is 35.4 Å². The number of hydrogen-bond donors (Lipinski definition) is 1. The van der Waals surface area contributed by atoms with Crippen LogP contribution >= 0.6 is 0 Å². The molecule has 4 atom stereocenters. The van der Waals surface area contributed by atoms with E-state index in [1.807, 2.05) is 0 Å². The number of hydrogen-bond acceptors (Lipinski definition) is 3. The topological polar surface area (TPSA) is 52.7 Å². The van der Waals surface area contributed by atoms with Gasteiger partial charge in [-0.15, -0.1) is 0 Å². The van der Waals surface area contributed by atoms with Crippen LogP contribution in [0.15, 0.2) is 24.3 Å². The Morgan fingerprint density at radius 2 is 1.90 bits per heavy atom. The first-order chi connectivity index (χ1) is 14.6. The zero-order chi connectivity index (χ0) is 20.7. The van der Waals surface area contributed by atoms with Gasteiger partial charge in [0.05, 0.1) is 6.04 Å². The molecule has 30 heavy (non-hydrogen) atoms. The van der Waals surface area contributed by atoms with Gasteiger partial charge >= 0.3 is 0 Å². The Bertz CT molecular complexity index is 805. The monoisotopic (exact) mass is 409 g/mol. The fourth-order valence-corrected chi connectivity index (χ4v) is 6.31. The zero-order valence-corrected chi connectivity index (χ0v) is 18.2. The van der Waals surface area contributed by atoms with Gasteiger partial charge in [-0.3, -0.25) is 14.5 Å². The molecule has 2 bridgehead atoms. The van der Waals surface area contributed by atoms with Crippen LogP contribution < -0.4 is 5.32 Å². The lowest BCUT2D eigenvalue weighted by Crippen LogP contribution is -2.67. The quantitative estimate of drug-likeness (QED) is 0.813. The standard InChI is InChI=1S/C25H35N3O2/c1-17-6-2-3-7-19(17)14-27-15-20-12-21(16-27)23(13-26-25(30)18-8-4-9-18)28-22(20)10-5-11-24(28)29/h2-3,6-7,18,20-23H,4-5,8-16H2,1H3,(H,26,30)/t20-,21+,22+,23+/m1/s1. The van der Waals surface area contributed by atoms with Crippen LogP contribution in [0.1, 0.15) is 56.1 Å². The van der Waals surface area contributed by atoms with Crippen LogP contribution in [0.3, 0.4) is 0 Å². The molecule has 162 valence electrons. The van der Waals surface area contributed by atoms with Crippen molar-refractivity contribution in [2.75, 3.05) is 19.6 Å². The highest BCUT2D eigenvalue weighted by molar-refractivity contribution is 5.80. The summed E-state index contributed by atoms with van der Waals surface area (Å²) in [6.45, 7) is 5.92. The van der Waals surface area contributed by atoms with Gasteiger partial charge in [-0.2, -0.15) is 0 Å². The molecule has 5 nitrogen and oxygen atoms in total. The van der Waals surface area contributed by atoms with Crippen LogP contribution in [-0.4, -0.2) is 53.3 Å². The third kappa shape index (κ3) is 3.77. The minimum Gasteiger partial charge on any atom is -0.354 e. The number of piperidine rings is 3. The molecule has 1 aromatic rings. The van der Waals surface area contributed by atoms with Crippen LogP contribution in [0.4, 0.5) is 0 Å². The number of nitrogens with zero attached hydrogens (tertiary/aromatic N) is 2. The number of benzene rings is 1. The van der Waals surface area contributed by atoms with Crippen molar-refractivity contribution in [1.82, 2.24) is 15.1 Å². The van der Waals surface area contributed by atoms with Gasteiger partial charge in [-0.25, -0.2) is 0 Å². The predicted octanol–water partition coefficient (Wildman–Crippen LogP) is 3.11. The van der Waals surface area contributed by atoms with Crippen LogP contribution in [0.5, 0.6) is 0 Å². The predicted molar refractivity (Wildman–Crippen MR) is 117 cm³/mol. The van der Waals surface area contributed by atoms with E-state index in [0.717, 1.165) is 45.3 Å². The van der Waals surface area contributed by atoms with Gasteiger partial charge < -0.3 is 10.2 Å². The fourth-order valence-electron chi connectivity index (χ4n) is 6.31. The van der Waals surface area contributed by atoms with E-state index in [0.29, 0.717) is 36.8 Å². The molecule has 3 saturated heterocycles. The first-order valence-electron chi connectivity index (χ1n) is 12.0. The van der Waals surface area contributed by atoms with E-state index in [2.05, 4.69) is 46.3 Å². The van der Waals surface area contributed by atoms with Crippen molar-refractivity contribution in [2.45, 2.75) is 70.5 Å². The van der Waals surface area contributed by atoms with E-state index in [1.165, 1.54) is 24.0 Å². The summed E-state index contributed by atoms with van der Waals surface area (Å²) in [6, 6.07) is 9.19. The number of carbonyl (C=O) groups excluding carboxylic acids is 2. The smallest absolute Gasteiger partial charge is 0.223 e. The Hall–Kier alpha value is -1.88. The molecule has 0 aromatic heterocycles. The van der Waals surface area contributed by atoms with Gasteiger partial charge in [0, 0.05) is 44.6 Å². The van der Waals surface area contributed by atoms with Gasteiger partial charge in [0.15, 0.2) is 0 Å². The molecule has 1 aliphatic carbocycles. The third-order valence-corrected chi connectivity index (χ3v) is 8.19. The van der Waals surface area contributed by atoms with Crippen molar-refractivity contribution in [3.63, 3.8) is 0 Å². The van der Waals surface area contributed by atoms with Crippen molar-refractivity contribution in [1.29, 1.82) is 0 Å². The maximum atomic E-state index is 12.9. The molecule has 1 aromatic carbocycles. The van der Waals surface area contributed by atoms with Gasteiger partial charge in [-0.1, -0.05) is 30.7 Å². The third-order valence-electron chi connectivity index (χ3n) is 8.19. The molecule has 3 heterocycles. The zero-order valence-electron chi connectivity index (χ0n) is 18.2. The number of rotatable bonds is 5. The van der Waals surface area contributed by atoms with Gasteiger partial charge in [0.25, 0.3) is 0 Å². The molecule has 1 N–H and O–H groups in total. The summed E-state index contributed by atoms with van der Waals surface area (Å²) >= 11 is 0. The lowest BCUT2D eigenvalue weighted by Gasteiger charge is -2.56. The average Bonchev–Trinajstić information content (AvgIpc) is 2.69. The number of amides is 2. The second kappa shape index (κ2) is 8.33. The summed E-state index contributed by atoms with van der Waals surface area (Å²) in [4.78, 5) is 30.3. The SMILES string of the molecule is Cc1ccccc1CN1C[C@H]2C[C@@H](C1)[C@H](CNC(=O)C1CCC1)N1C(=O)CCC[C@@H]21. The normalized spacial score (nSPS) is 31.8. The summed E-state index contributed by atoms with van der Waals surface area (Å²) in [6.07, 6.45) is 7.23. The van der Waals surface area contributed by atoms with E-state index >= 15 is 0 Å². The summed E-state index contributed by atoms with van der Waals surface area (Å²) in [5.74, 6) is 1.75. The second-order valence-corrected chi connectivity index (χ2v) is 10.1. The first kappa shape index (κ1) is 20.0. The van der Waals surface area contributed by atoms with Crippen molar-refractivity contribution < 1.29 is 9.59 Å². The molecule has 1 saturated carbocycles. The van der Waals surface area contributed by atoms with Crippen LogP contribution in [0.25, 0.3) is 0 Å². The largest absolute Gasteiger partial charge is 0.354 e. The lowest BCUT2D eigenvalue weighted by molar-refractivity contribution is -0.153. The number of likely N-dealkylation sites (tertiary alicyclic amines) is 1. The molecule has 5 rings (SSSR count). The summed E-state index contributed by atoms with van der Waals surface area (Å²) in [5, 5.41) is 3.23. The molecule has 2 amide bonds. The summed E-state index contributed by atoms with van der Waals surface area (Å²) in [5.41, 5.74) is 2.76. The fraction of sp³-hybridized carbons (Fsp3) is 0.680. The maximum absolute atomic E-state index is 12.9. The Labute approximate surface area is 180 Å². The van der Waals surface area contributed by atoms with Crippen molar-refractivity contribution in [2.24, 2.45) is 17.8 Å². The van der Waals surface area contributed by atoms with E-state index in [9.17, 15) is 9.59 Å². The van der Waals surface area contributed by atoms with Crippen molar-refractivity contribution >= 4 is 11.8 Å². The maximum Gasteiger partial charge on any atom is 0.223 e. The van der Waals surface area contributed by atoms with Crippen LogP contribution in [0, 0.1) is 24.7 Å². The lowest BCUT2D eigenvalue weighted by atomic mass is 9.72. The second-order valence-electron chi connectivity index (χ2n) is 10.1. The molecule has 0 spiro atoms. The minimum atomic E-state index is 0.155. The minimum absolute atomic E-state index is 0.155. The Kier molecular flexibility index (Phi) is 5.57. The Balaban J connectivity index is 1.33. The van der Waals surface area contributed by atoms with Gasteiger partial charge in [0.1, 0.15) is 0 Å². The van der Waals surface area contributed by atoms with Crippen LogP contribution in [0.2, 0.25) is 0 Å². The van der Waals surface area contributed by atoms with Gasteiger partial charge in [-0.05, 0) is 62.0 Å². The number of nitrogens with one attached hydrogen (secondary N) is 1. The molecule has 4 fully saturated rings. The first-order valence-corrected chi connectivity index (χ1v) is 12.0. The van der Waals surface area contributed by atoms with Crippen LogP contribution in [-0.2, 0) is 16.1 Å². The Morgan fingerprint density at radius 1 is 1.10 bits per heavy atom. The van der Waals surface area contributed by atoms with E-state index in [1.54, 1.807) is 0 Å². The van der Waals surface area contributed by atoms with E-state index in [4.69, 9.17) is 0 Å². The summed E-state index contributed by atoms with van der Waals surface area (Å²) < 4.78 is 0. The molecular weight excluding hydrogens is 374 g/mol. The molecular formula is C25H35N3O2. The molecule has 3 aliphatic heterocycles. The molecule has 0 unspecified atom stereocenters. The highest BCUT2D eigenvalue weighted by atomic mass is 16.2. The average molecular weight is 410 g/mol. The Morgan fingerprint density at radius 3 is 2.67 bits per heavy atom. The molecule has 4 aliphatic rings. The highest BCUT2D eigenvalue weighted by Crippen LogP contribution is 2.42. The van der Waals surface area contributed by atoms with Crippen molar-refractivity contribution in [3.8, 4) is 0 Å². The number of aryl methyl sites for hydroxylation is 1. The molecule has 5 heteroatoms. The van der Waals surface area contributed by atoms with E-state index < -0.39 is 0 Å². The number of fused-ring (bicyclic) bond motifs is 4. The van der Waals surface area contributed by atoms with E-state index in [-0.39, 0.29) is 17.9 Å². The van der Waals surface area contributed by atoms with Gasteiger partial charge in [0.2, 0.25) is 11.8 Å².